The third kappa shape index (κ3) is 1.89. The molecule has 0 saturated heterocycles. The van der Waals surface area contributed by atoms with Crippen LogP contribution in [0.15, 0.2) is 11.3 Å². The highest BCUT2D eigenvalue weighted by molar-refractivity contribution is 5.53. The fourth-order valence-electron chi connectivity index (χ4n) is 0.983. The number of hydrogen-bond donors (Lipinski definition) is 0. The molecule has 1 heterocycles. The fraction of sp³-hybridized carbons (Fsp3) is 0.375. The first kappa shape index (κ1) is 9.35. The zero-order chi connectivity index (χ0) is 9.68. The van der Waals surface area contributed by atoms with E-state index in [2.05, 4.69) is 15.0 Å². The van der Waals surface area contributed by atoms with Gasteiger partial charge in [0.1, 0.15) is 6.33 Å². The van der Waals surface area contributed by atoms with E-state index in [1.165, 1.54) is 19.5 Å². The van der Waals surface area contributed by atoms with Crippen LogP contribution in [0.4, 0.5) is 5.82 Å². The van der Waals surface area contributed by atoms with Crippen molar-refractivity contribution in [1.82, 2.24) is 9.97 Å². The average Bonchev–Trinajstić information content (AvgIpc) is 2.18. The van der Waals surface area contributed by atoms with Crippen LogP contribution in [-0.2, 0) is 11.2 Å². The quantitative estimate of drug-likeness (QED) is 0.513. The number of aryl methyl sites for hydroxylation is 1. The lowest BCUT2D eigenvalue weighted by Crippen LogP contribution is -1.95. The van der Waals surface area contributed by atoms with E-state index in [-0.39, 0.29) is 5.82 Å². The molecule has 0 atom stereocenters. The molecular weight excluding hydrogens is 170 g/mol. The van der Waals surface area contributed by atoms with Crippen molar-refractivity contribution in [3.63, 3.8) is 0 Å². The van der Waals surface area contributed by atoms with E-state index in [0.29, 0.717) is 12.2 Å². The van der Waals surface area contributed by atoms with E-state index in [1.54, 1.807) is 0 Å². The molecular formula is C8H9N3O2. The highest BCUT2D eigenvalue weighted by Gasteiger charge is 2.08. The number of ether oxygens (including phenoxy) is 1. The van der Waals surface area contributed by atoms with Gasteiger partial charge in [0.15, 0.2) is 5.75 Å². The maximum atomic E-state index is 10.0. The number of nitrogens with zero attached hydrogens (tertiary/aromatic N) is 3. The number of hydrogen-bond acceptors (Lipinski definition) is 5. The molecule has 0 bridgehead atoms. The summed E-state index contributed by atoms with van der Waals surface area (Å²) in [6, 6.07) is 0. The Kier molecular flexibility index (Phi) is 3.11. The molecule has 0 aliphatic carbocycles. The second-order valence-electron chi connectivity index (χ2n) is 2.23. The van der Waals surface area contributed by atoms with Crippen LogP contribution in [0.2, 0.25) is 0 Å². The monoisotopic (exact) mass is 179 g/mol. The highest BCUT2D eigenvalue weighted by Crippen LogP contribution is 2.26. The normalized spacial score (nSPS) is 9.08. The van der Waals surface area contributed by atoms with Gasteiger partial charge in [-0.1, -0.05) is 6.92 Å². The van der Waals surface area contributed by atoms with Crippen LogP contribution in [0.3, 0.4) is 0 Å². The molecule has 0 spiro atoms. The molecule has 1 rings (SSSR count). The van der Waals surface area contributed by atoms with Crippen LogP contribution in [0, 0.1) is 0 Å². The Morgan fingerprint density at radius 2 is 2.38 bits per heavy atom. The van der Waals surface area contributed by atoms with Crippen molar-refractivity contribution in [3.05, 3.63) is 12.0 Å². The summed E-state index contributed by atoms with van der Waals surface area (Å²) in [4.78, 5) is 21.2. The predicted molar refractivity (Wildman–Crippen MR) is 45.7 cm³/mol. The molecule has 0 radical (unpaired) electrons. The van der Waals surface area contributed by atoms with E-state index in [9.17, 15) is 4.79 Å². The van der Waals surface area contributed by atoms with Gasteiger partial charge >= 0.3 is 0 Å². The minimum absolute atomic E-state index is 0.226. The summed E-state index contributed by atoms with van der Waals surface area (Å²) in [6.07, 6.45) is 3.46. The second-order valence-corrected chi connectivity index (χ2v) is 2.23. The van der Waals surface area contributed by atoms with Gasteiger partial charge in [0, 0.05) is 0 Å². The van der Waals surface area contributed by atoms with E-state index in [0.717, 1.165) is 5.69 Å². The first-order valence-electron chi connectivity index (χ1n) is 3.79. The fourth-order valence-corrected chi connectivity index (χ4v) is 0.983. The zero-order valence-electron chi connectivity index (χ0n) is 7.44. The summed E-state index contributed by atoms with van der Waals surface area (Å²) >= 11 is 0. The number of carbonyl (C=O) groups excluding carboxylic acids is 1. The summed E-state index contributed by atoms with van der Waals surface area (Å²) in [7, 11) is 1.49. The summed E-state index contributed by atoms with van der Waals surface area (Å²) in [6.45, 7) is 1.93. The van der Waals surface area contributed by atoms with Crippen molar-refractivity contribution in [2.75, 3.05) is 7.11 Å². The van der Waals surface area contributed by atoms with Crippen LogP contribution in [0.25, 0.3) is 0 Å². The van der Waals surface area contributed by atoms with E-state index in [1.807, 2.05) is 6.92 Å². The van der Waals surface area contributed by atoms with Crippen LogP contribution < -0.4 is 4.74 Å². The smallest absolute Gasteiger partial charge is 0.242 e. The molecule has 0 unspecified atom stereocenters. The third-order valence-electron chi connectivity index (χ3n) is 1.55. The van der Waals surface area contributed by atoms with Gasteiger partial charge in [-0.05, 0) is 6.42 Å². The molecule has 13 heavy (non-hydrogen) atoms. The van der Waals surface area contributed by atoms with Gasteiger partial charge in [-0.25, -0.2) is 14.8 Å². The molecule has 5 heteroatoms. The van der Waals surface area contributed by atoms with E-state index >= 15 is 0 Å². The minimum atomic E-state index is 0.226. The predicted octanol–water partition coefficient (Wildman–Crippen LogP) is 1.01. The Morgan fingerprint density at radius 1 is 1.62 bits per heavy atom. The molecule has 0 aliphatic heterocycles. The number of aliphatic imine (C=N–C) groups is 1. The van der Waals surface area contributed by atoms with Gasteiger partial charge in [-0.15, -0.1) is 4.99 Å². The Balaban J connectivity index is 3.26. The largest absolute Gasteiger partial charge is 0.491 e. The lowest BCUT2D eigenvalue weighted by Gasteiger charge is -2.05. The standard InChI is InChI=1S/C8H9N3O2/c1-3-6-7(13-2)8(11-5-12)10-4-9-6/h4H,3H2,1-2H3. The summed E-state index contributed by atoms with van der Waals surface area (Å²) in [5, 5.41) is 0. The van der Waals surface area contributed by atoms with Crippen molar-refractivity contribution >= 4 is 11.9 Å². The van der Waals surface area contributed by atoms with Gasteiger partial charge in [0.25, 0.3) is 0 Å². The van der Waals surface area contributed by atoms with Crippen molar-refractivity contribution in [2.24, 2.45) is 4.99 Å². The van der Waals surface area contributed by atoms with Crippen molar-refractivity contribution in [1.29, 1.82) is 0 Å². The highest BCUT2D eigenvalue weighted by atomic mass is 16.5. The summed E-state index contributed by atoms with van der Waals surface area (Å²) in [5.74, 6) is 0.665. The van der Waals surface area contributed by atoms with Gasteiger partial charge in [-0.2, -0.15) is 0 Å². The first-order chi connectivity index (χ1) is 6.33. The van der Waals surface area contributed by atoms with Crippen molar-refractivity contribution in [3.8, 4) is 5.75 Å². The second kappa shape index (κ2) is 4.33. The number of aromatic nitrogens is 2. The SMILES string of the molecule is CCc1ncnc(N=C=O)c1OC. The maximum absolute atomic E-state index is 10.0. The van der Waals surface area contributed by atoms with Gasteiger partial charge in [0.05, 0.1) is 12.8 Å². The molecule has 0 fully saturated rings. The Labute approximate surface area is 75.5 Å². The van der Waals surface area contributed by atoms with Crippen LogP contribution in [-0.4, -0.2) is 23.2 Å². The molecule has 0 aromatic carbocycles. The molecule has 1 aromatic heterocycles. The van der Waals surface area contributed by atoms with Crippen LogP contribution in [0.1, 0.15) is 12.6 Å². The molecule has 5 nitrogen and oxygen atoms in total. The van der Waals surface area contributed by atoms with Gasteiger partial charge in [0.2, 0.25) is 11.9 Å². The third-order valence-corrected chi connectivity index (χ3v) is 1.55. The number of methoxy groups -OCH3 is 1. The average molecular weight is 179 g/mol. The number of rotatable bonds is 3. The lowest BCUT2D eigenvalue weighted by atomic mass is 10.3. The Morgan fingerprint density at radius 3 is 2.92 bits per heavy atom. The maximum Gasteiger partial charge on any atom is 0.242 e. The van der Waals surface area contributed by atoms with Crippen molar-refractivity contribution in [2.45, 2.75) is 13.3 Å². The first-order valence-corrected chi connectivity index (χ1v) is 3.79. The zero-order valence-corrected chi connectivity index (χ0v) is 7.44. The van der Waals surface area contributed by atoms with Gasteiger partial charge in [-0.3, -0.25) is 0 Å². The summed E-state index contributed by atoms with van der Waals surface area (Å²) < 4.78 is 5.02. The van der Waals surface area contributed by atoms with Gasteiger partial charge < -0.3 is 4.74 Å². The number of isocyanates is 1. The Bertz CT molecular complexity index is 345. The Hall–Kier alpha value is -1.74. The molecule has 0 aliphatic rings. The van der Waals surface area contributed by atoms with Crippen molar-refractivity contribution < 1.29 is 9.53 Å². The minimum Gasteiger partial charge on any atom is -0.491 e. The molecule has 0 N–H and O–H groups in total. The van der Waals surface area contributed by atoms with Crippen LogP contribution in [0.5, 0.6) is 5.75 Å². The van der Waals surface area contributed by atoms with E-state index < -0.39 is 0 Å². The molecule has 68 valence electrons. The molecule has 0 saturated carbocycles. The topological polar surface area (TPSA) is 64.4 Å². The molecule has 0 amide bonds. The molecule has 1 aromatic rings. The summed E-state index contributed by atoms with van der Waals surface area (Å²) in [5.41, 5.74) is 0.728. The van der Waals surface area contributed by atoms with Crippen LogP contribution >= 0.6 is 0 Å². The van der Waals surface area contributed by atoms with E-state index in [4.69, 9.17) is 4.74 Å². The lowest BCUT2D eigenvalue weighted by molar-refractivity contribution is 0.406.